The van der Waals surface area contributed by atoms with Gasteiger partial charge in [-0.15, -0.1) is 10.2 Å². The van der Waals surface area contributed by atoms with Crippen molar-refractivity contribution in [1.82, 2.24) is 0 Å². The van der Waals surface area contributed by atoms with E-state index in [-0.39, 0.29) is 17.9 Å². The van der Waals surface area contributed by atoms with Gasteiger partial charge in [0, 0.05) is 17.2 Å². The lowest BCUT2D eigenvalue weighted by atomic mass is 9.80. The van der Waals surface area contributed by atoms with Crippen molar-refractivity contribution in [2.45, 2.75) is 13.3 Å². The molecule has 3 rings (SSSR count). The topological polar surface area (TPSA) is 116 Å². The molecule has 1 amide bonds. The summed E-state index contributed by atoms with van der Waals surface area (Å²) < 4.78 is 0. The fourth-order valence-electron chi connectivity index (χ4n) is 2.26. The minimum Gasteiger partial charge on any atom is -0.481 e. The number of amides is 1. The van der Waals surface area contributed by atoms with Crippen molar-refractivity contribution in [3.63, 3.8) is 0 Å². The molecule has 0 fully saturated rings. The van der Waals surface area contributed by atoms with Gasteiger partial charge in [0.15, 0.2) is 0 Å². The first-order chi connectivity index (χ1) is 12.6. The fourth-order valence-corrected chi connectivity index (χ4v) is 2.56. The molecule has 7 nitrogen and oxygen atoms in total. The van der Waals surface area contributed by atoms with E-state index < -0.39 is 17.4 Å². The molecular formula is C18H14Cl2N2O5. The van der Waals surface area contributed by atoms with E-state index in [1.165, 1.54) is 31.2 Å². The number of nitrogens with zero attached hydrogens (tertiary/aromatic N) is 2. The van der Waals surface area contributed by atoms with E-state index >= 15 is 0 Å². The first kappa shape index (κ1) is 20.5. The summed E-state index contributed by atoms with van der Waals surface area (Å²) in [5.41, 5.74) is 0.289. The van der Waals surface area contributed by atoms with E-state index in [1.54, 1.807) is 18.2 Å². The summed E-state index contributed by atoms with van der Waals surface area (Å²) in [6, 6.07) is 5.03. The summed E-state index contributed by atoms with van der Waals surface area (Å²) in [6.45, 7) is 1.50. The number of azo groups is 1. The van der Waals surface area contributed by atoms with Gasteiger partial charge in [0.25, 0.3) is 5.91 Å². The molecule has 0 saturated heterocycles. The third-order valence-corrected chi connectivity index (χ3v) is 4.55. The van der Waals surface area contributed by atoms with Crippen molar-refractivity contribution in [3.8, 4) is 0 Å². The van der Waals surface area contributed by atoms with Crippen LogP contribution in [-0.4, -0.2) is 28.1 Å². The number of benzene rings is 1. The highest BCUT2D eigenvalue weighted by Gasteiger charge is 2.34. The Hall–Kier alpha value is -2.77. The highest BCUT2D eigenvalue weighted by molar-refractivity contribution is 6.42. The van der Waals surface area contributed by atoms with Crippen molar-refractivity contribution in [1.29, 1.82) is 0 Å². The van der Waals surface area contributed by atoms with Crippen LogP contribution in [0.2, 0.25) is 10.0 Å². The Morgan fingerprint density at radius 3 is 2.37 bits per heavy atom. The normalized spacial score (nSPS) is 20.5. The lowest BCUT2D eigenvalue weighted by Crippen LogP contribution is -2.28. The summed E-state index contributed by atoms with van der Waals surface area (Å²) in [6.07, 6.45) is 5.78. The SMILES string of the molecule is CC1(C(=O)O)C=CC=C(C(=O)O)C1.O=C1C=C(c2ccc(Cl)c(Cl)c2)N=N1. The number of carboxylic acid groups (broad SMARTS) is 2. The summed E-state index contributed by atoms with van der Waals surface area (Å²) in [4.78, 5) is 32.1. The Morgan fingerprint density at radius 1 is 1.15 bits per heavy atom. The van der Waals surface area contributed by atoms with Crippen LogP contribution in [0.25, 0.3) is 5.70 Å². The number of hydrogen-bond acceptors (Lipinski definition) is 4. The van der Waals surface area contributed by atoms with Crippen LogP contribution < -0.4 is 0 Å². The number of halogens is 2. The molecule has 2 aliphatic rings. The van der Waals surface area contributed by atoms with Crippen LogP contribution in [0.3, 0.4) is 0 Å². The Kier molecular flexibility index (Phi) is 6.30. The number of rotatable bonds is 3. The molecule has 1 aliphatic carbocycles. The Bertz CT molecular complexity index is 934. The molecule has 1 aromatic carbocycles. The van der Waals surface area contributed by atoms with E-state index in [9.17, 15) is 14.4 Å². The van der Waals surface area contributed by atoms with Crippen molar-refractivity contribution < 1.29 is 24.6 Å². The van der Waals surface area contributed by atoms with Crippen LogP contribution in [-0.2, 0) is 14.4 Å². The number of aliphatic carboxylic acids is 2. The second kappa shape index (κ2) is 8.28. The summed E-state index contributed by atoms with van der Waals surface area (Å²) in [5.74, 6) is -2.42. The van der Waals surface area contributed by atoms with Crippen LogP contribution in [0.4, 0.5) is 0 Å². The van der Waals surface area contributed by atoms with Gasteiger partial charge in [-0.2, -0.15) is 0 Å². The zero-order chi connectivity index (χ0) is 20.2. The fraction of sp³-hybridized carbons (Fsp3) is 0.167. The zero-order valence-corrected chi connectivity index (χ0v) is 15.5. The van der Waals surface area contributed by atoms with Gasteiger partial charge in [-0.3, -0.25) is 9.59 Å². The minimum atomic E-state index is -1.08. The van der Waals surface area contributed by atoms with Crippen LogP contribution in [0.15, 0.2) is 58.3 Å². The standard InChI is InChI=1S/C9H4Cl2N2O.C9H10O4/c10-6-2-1-5(3-7(6)11)8-4-9(14)13-12-8;1-9(8(12)13)4-2-3-6(5-9)7(10)11/h1-4H;2-4H,5H2,1H3,(H,10,11)(H,12,13). The van der Waals surface area contributed by atoms with Crippen LogP contribution in [0, 0.1) is 5.41 Å². The van der Waals surface area contributed by atoms with Gasteiger partial charge < -0.3 is 10.2 Å². The number of carbonyl (C=O) groups excluding carboxylic acids is 1. The minimum absolute atomic E-state index is 0.0359. The molecule has 140 valence electrons. The molecular weight excluding hydrogens is 395 g/mol. The summed E-state index contributed by atoms with van der Waals surface area (Å²) in [5, 5.41) is 25.4. The molecule has 0 saturated carbocycles. The molecule has 0 spiro atoms. The van der Waals surface area contributed by atoms with Crippen LogP contribution in [0.1, 0.15) is 18.9 Å². The number of allylic oxidation sites excluding steroid dienone is 2. The van der Waals surface area contributed by atoms with E-state index in [0.29, 0.717) is 15.7 Å². The Morgan fingerprint density at radius 2 is 1.85 bits per heavy atom. The third kappa shape index (κ3) is 5.12. The Labute approximate surface area is 164 Å². The molecule has 0 aromatic heterocycles. The number of hydrogen-bond donors (Lipinski definition) is 2. The summed E-state index contributed by atoms with van der Waals surface area (Å²) >= 11 is 11.6. The largest absolute Gasteiger partial charge is 0.481 e. The number of carboxylic acids is 2. The highest BCUT2D eigenvalue weighted by atomic mass is 35.5. The van der Waals surface area contributed by atoms with Crippen molar-refractivity contribution in [3.05, 3.63) is 63.7 Å². The van der Waals surface area contributed by atoms with Gasteiger partial charge >= 0.3 is 11.9 Å². The smallest absolute Gasteiger partial charge is 0.331 e. The molecule has 1 aromatic rings. The lowest BCUT2D eigenvalue weighted by molar-refractivity contribution is -0.145. The average Bonchev–Trinajstić information content (AvgIpc) is 3.04. The second-order valence-electron chi connectivity index (χ2n) is 5.95. The molecule has 0 radical (unpaired) electrons. The first-order valence-electron chi connectivity index (χ1n) is 7.60. The summed E-state index contributed by atoms with van der Waals surface area (Å²) in [7, 11) is 0. The lowest BCUT2D eigenvalue weighted by Gasteiger charge is -2.23. The predicted octanol–water partition coefficient (Wildman–Crippen LogP) is 4.37. The molecule has 1 aliphatic heterocycles. The van der Waals surface area contributed by atoms with Gasteiger partial charge in [0.05, 0.1) is 21.2 Å². The zero-order valence-electron chi connectivity index (χ0n) is 14.0. The Balaban J connectivity index is 0.000000194. The molecule has 1 atom stereocenters. The molecule has 1 heterocycles. The van der Waals surface area contributed by atoms with Crippen molar-refractivity contribution in [2.24, 2.45) is 15.6 Å². The predicted molar refractivity (Wildman–Crippen MR) is 99.5 cm³/mol. The van der Waals surface area contributed by atoms with E-state index in [1.807, 2.05) is 0 Å². The quantitative estimate of drug-likeness (QED) is 0.769. The van der Waals surface area contributed by atoms with Crippen LogP contribution in [0.5, 0.6) is 0 Å². The maximum Gasteiger partial charge on any atom is 0.331 e. The van der Waals surface area contributed by atoms with Crippen molar-refractivity contribution >= 4 is 46.7 Å². The van der Waals surface area contributed by atoms with E-state index in [0.717, 1.165) is 5.56 Å². The average molecular weight is 409 g/mol. The number of carbonyl (C=O) groups is 3. The first-order valence-corrected chi connectivity index (χ1v) is 8.36. The third-order valence-electron chi connectivity index (χ3n) is 3.81. The highest BCUT2D eigenvalue weighted by Crippen LogP contribution is 2.31. The second-order valence-corrected chi connectivity index (χ2v) is 6.77. The van der Waals surface area contributed by atoms with E-state index in [4.69, 9.17) is 33.4 Å². The monoisotopic (exact) mass is 408 g/mol. The molecule has 0 bridgehead atoms. The molecule has 2 N–H and O–H groups in total. The maximum atomic E-state index is 10.8. The van der Waals surface area contributed by atoms with Gasteiger partial charge in [0.1, 0.15) is 0 Å². The van der Waals surface area contributed by atoms with Crippen molar-refractivity contribution in [2.75, 3.05) is 0 Å². The maximum absolute atomic E-state index is 10.8. The van der Waals surface area contributed by atoms with Gasteiger partial charge in [-0.25, -0.2) is 4.79 Å². The van der Waals surface area contributed by atoms with Gasteiger partial charge in [-0.1, -0.05) is 47.5 Å². The van der Waals surface area contributed by atoms with Crippen LogP contribution >= 0.6 is 23.2 Å². The molecule has 9 heteroatoms. The molecule has 1 unspecified atom stereocenters. The van der Waals surface area contributed by atoms with E-state index in [2.05, 4.69) is 10.2 Å². The van der Waals surface area contributed by atoms with Gasteiger partial charge in [0.2, 0.25) is 0 Å². The van der Waals surface area contributed by atoms with Gasteiger partial charge in [-0.05, 0) is 25.5 Å². The molecule has 27 heavy (non-hydrogen) atoms.